The second-order valence-corrected chi connectivity index (χ2v) is 4.63. The van der Waals surface area contributed by atoms with E-state index < -0.39 is 12.0 Å². The van der Waals surface area contributed by atoms with Crippen molar-refractivity contribution in [2.75, 3.05) is 0 Å². The Bertz CT molecular complexity index is 504. The zero-order valence-corrected chi connectivity index (χ0v) is 9.37. The number of likely N-dealkylation sites (tertiary alicyclic amines) is 1. The molecule has 1 aliphatic carbocycles. The van der Waals surface area contributed by atoms with Gasteiger partial charge in [0.2, 0.25) is 11.8 Å². The first-order valence-corrected chi connectivity index (χ1v) is 5.66. The number of aliphatic carboxylic acids is 1. The van der Waals surface area contributed by atoms with Crippen molar-refractivity contribution >= 4 is 17.8 Å². The van der Waals surface area contributed by atoms with E-state index in [4.69, 9.17) is 0 Å². The number of rotatable bonds is 4. The number of aromatic nitrogens is 2. The summed E-state index contributed by atoms with van der Waals surface area (Å²) < 4.78 is 0. The number of imidazole rings is 1. The Morgan fingerprint density at radius 2 is 2.17 bits per heavy atom. The van der Waals surface area contributed by atoms with Crippen LogP contribution < -0.4 is 0 Å². The first-order valence-electron chi connectivity index (χ1n) is 5.66. The van der Waals surface area contributed by atoms with E-state index in [-0.39, 0.29) is 30.1 Å². The van der Waals surface area contributed by atoms with E-state index >= 15 is 0 Å². The molecule has 1 saturated heterocycles. The maximum Gasteiger partial charge on any atom is 0.327 e. The molecule has 0 radical (unpaired) electrons. The van der Waals surface area contributed by atoms with E-state index in [9.17, 15) is 19.5 Å². The summed E-state index contributed by atoms with van der Waals surface area (Å²) in [4.78, 5) is 42.4. The summed E-state index contributed by atoms with van der Waals surface area (Å²) >= 11 is 0. The maximum atomic E-state index is 11.8. The van der Waals surface area contributed by atoms with E-state index in [1.165, 1.54) is 12.5 Å². The average Bonchev–Trinajstić information content (AvgIpc) is 2.89. The first-order chi connectivity index (χ1) is 8.59. The van der Waals surface area contributed by atoms with Gasteiger partial charge in [-0.05, 0) is 6.42 Å². The van der Waals surface area contributed by atoms with Crippen LogP contribution in [0.25, 0.3) is 0 Å². The van der Waals surface area contributed by atoms with Crippen LogP contribution in [0.4, 0.5) is 0 Å². The fourth-order valence-electron chi connectivity index (χ4n) is 2.41. The molecule has 3 atom stereocenters. The minimum absolute atomic E-state index is 0.0618. The second kappa shape index (κ2) is 3.66. The van der Waals surface area contributed by atoms with Crippen LogP contribution in [-0.4, -0.2) is 43.8 Å². The quantitative estimate of drug-likeness (QED) is 0.694. The van der Waals surface area contributed by atoms with Gasteiger partial charge in [0.15, 0.2) is 0 Å². The largest absolute Gasteiger partial charge is 0.480 e. The fourth-order valence-corrected chi connectivity index (χ4v) is 2.41. The number of imide groups is 1. The first kappa shape index (κ1) is 10.9. The lowest BCUT2D eigenvalue weighted by Gasteiger charge is -2.23. The van der Waals surface area contributed by atoms with Crippen molar-refractivity contribution < 1.29 is 19.5 Å². The van der Waals surface area contributed by atoms with Crippen LogP contribution in [-0.2, 0) is 20.8 Å². The van der Waals surface area contributed by atoms with Crippen molar-refractivity contribution in [3.05, 3.63) is 18.2 Å². The number of carbonyl (C=O) groups excluding carboxylic acids is 2. The minimum Gasteiger partial charge on any atom is -0.480 e. The van der Waals surface area contributed by atoms with E-state index in [0.717, 1.165) is 4.90 Å². The number of fused-ring (bicyclic) bond motifs is 1. The maximum absolute atomic E-state index is 11.8. The number of hydrogen-bond acceptors (Lipinski definition) is 4. The summed E-state index contributed by atoms with van der Waals surface area (Å²) in [5.41, 5.74) is 0.587. The normalized spacial score (nSPS) is 27.2. The van der Waals surface area contributed by atoms with Gasteiger partial charge in [0, 0.05) is 18.3 Å². The summed E-state index contributed by atoms with van der Waals surface area (Å²) in [6.07, 6.45) is 3.55. The van der Waals surface area contributed by atoms with Gasteiger partial charge in [0.25, 0.3) is 0 Å². The van der Waals surface area contributed by atoms with Crippen molar-refractivity contribution in [3.63, 3.8) is 0 Å². The Morgan fingerprint density at radius 1 is 1.50 bits per heavy atom. The molecule has 2 aliphatic rings. The molecule has 7 heteroatoms. The molecular weight excluding hydrogens is 238 g/mol. The summed E-state index contributed by atoms with van der Waals surface area (Å²) in [6, 6.07) is -1.14. The number of piperidine rings is 1. The Labute approximate surface area is 102 Å². The van der Waals surface area contributed by atoms with Gasteiger partial charge in [-0.2, -0.15) is 0 Å². The van der Waals surface area contributed by atoms with Crippen LogP contribution >= 0.6 is 0 Å². The third-order valence-corrected chi connectivity index (χ3v) is 3.46. The smallest absolute Gasteiger partial charge is 0.327 e. The SMILES string of the molecule is O=C(O)C(Cc1cnc[nH]1)N1C(=O)C2CC2C1=O. The number of carboxylic acid groups (broad SMARTS) is 1. The van der Waals surface area contributed by atoms with Crippen LogP contribution in [0.1, 0.15) is 12.1 Å². The Morgan fingerprint density at radius 3 is 2.67 bits per heavy atom. The molecule has 2 amide bonds. The molecule has 1 saturated carbocycles. The van der Waals surface area contributed by atoms with Gasteiger partial charge in [-0.1, -0.05) is 0 Å². The lowest BCUT2D eigenvalue weighted by Crippen LogP contribution is -2.47. The molecule has 0 bridgehead atoms. The van der Waals surface area contributed by atoms with Crippen molar-refractivity contribution in [2.24, 2.45) is 11.8 Å². The van der Waals surface area contributed by atoms with Crippen molar-refractivity contribution in [1.82, 2.24) is 14.9 Å². The molecular formula is C11H11N3O4. The van der Waals surface area contributed by atoms with Crippen LogP contribution in [0, 0.1) is 11.8 Å². The highest BCUT2D eigenvalue weighted by molar-refractivity contribution is 6.11. The highest BCUT2D eigenvalue weighted by atomic mass is 16.4. The van der Waals surface area contributed by atoms with Gasteiger partial charge in [0.1, 0.15) is 6.04 Å². The van der Waals surface area contributed by atoms with Crippen LogP contribution in [0.15, 0.2) is 12.5 Å². The minimum atomic E-state index is -1.17. The molecule has 7 nitrogen and oxygen atoms in total. The van der Waals surface area contributed by atoms with Gasteiger partial charge in [-0.25, -0.2) is 9.78 Å². The van der Waals surface area contributed by atoms with Crippen LogP contribution in [0.3, 0.4) is 0 Å². The second-order valence-electron chi connectivity index (χ2n) is 4.63. The lowest BCUT2D eigenvalue weighted by molar-refractivity contribution is -0.155. The standard InChI is InChI=1S/C11H11N3O4/c15-9-6-2-7(6)10(16)14(9)8(11(17)18)1-5-3-12-4-13-5/h3-4,6-8H,1-2H2,(H,12,13)(H,17,18). The number of carboxylic acids is 1. The number of hydrogen-bond donors (Lipinski definition) is 2. The molecule has 2 heterocycles. The van der Waals surface area contributed by atoms with Gasteiger partial charge in [-0.3, -0.25) is 14.5 Å². The highest BCUT2D eigenvalue weighted by Gasteiger charge is 2.61. The predicted octanol–water partition coefficient (Wildman–Crippen LogP) is -0.590. The topological polar surface area (TPSA) is 103 Å². The van der Waals surface area contributed by atoms with Crippen LogP contribution in [0.2, 0.25) is 0 Å². The van der Waals surface area contributed by atoms with E-state index in [2.05, 4.69) is 9.97 Å². The van der Waals surface area contributed by atoms with Gasteiger partial charge < -0.3 is 10.1 Å². The number of aromatic amines is 1. The number of carbonyl (C=O) groups is 3. The number of H-pyrrole nitrogens is 1. The number of amides is 2. The zero-order valence-electron chi connectivity index (χ0n) is 9.37. The van der Waals surface area contributed by atoms with E-state index in [1.54, 1.807) is 0 Å². The molecule has 3 unspecified atom stereocenters. The molecule has 3 rings (SSSR count). The Kier molecular flexibility index (Phi) is 2.22. The average molecular weight is 249 g/mol. The molecule has 0 spiro atoms. The molecule has 2 N–H and O–H groups in total. The molecule has 0 aromatic carbocycles. The molecule has 1 aromatic heterocycles. The fraction of sp³-hybridized carbons (Fsp3) is 0.455. The number of nitrogens with zero attached hydrogens (tertiary/aromatic N) is 2. The Balaban J connectivity index is 1.84. The predicted molar refractivity (Wildman–Crippen MR) is 57.2 cm³/mol. The monoisotopic (exact) mass is 249 g/mol. The van der Waals surface area contributed by atoms with Crippen molar-refractivity contribution in [2.45, 2.75) is 18.9 Å². The van der Waals surface area contributed by atoms with Gasteiger partial charge in [-0.15, -0.1) is 0 Å². The van der Waals surface area contributed by atoms with Crippen LogP contribution in [0.5, 0.6) is 0 Å². The summed E-state index contributed by atoms with van der Waals surface area (Å²) in [7, 11) is 0. The summed E-state index contributed by atoms with van der Waals surface area (Å²) in [6.45, 7) is 0. The van der Waals surface area contributed by atoms with Crippen molar-refractivity contribution in [1.29, 1.82) is 0 Å². The summed E-state index contributed by atoms with van der Waals surface area (Å²) in [5.74, 6) is -2.43. The van der Waals surface area contributed by atoms with Crippen molar-refractivity contribution in [3.8, 4) is 0 Å². The molecule has 2 fully saturated rings. The zero-order chi connectivity index (χ0) is 12.9. The number of nitrogens with one attached hydrogen (secondary N) is 1. The summed E-state index contributed by atoms with van der Waals surface area (Å²) in [5, 5.41) is 9.19. The molecule has 1 aromatic rings. The highest BCUT2D eigenvalue weighted by Crippen LogP contribution is 2.47. The third kappa shape index (κ3) is 1.51. The molecule has 1 aliphatic heterocycles. The Hall–Kier alpha value is -2.18. The van der Waals surface area contributed by atoms with E-state index in [1.807, 2.05) is 0 Å². The lowest BCUT2D eigenvalue weighted by atomic mass is 10.1. The third-order valence-electron chi connectivity index (χ3n) is 3.46. The van der Waals surface area contributed by atoms with E-state index in [0.29, 0.717) is 12.1 Å². The molecule has 18 heavy (non-hydrogen) atoms. The van der Waals surface area contributed by atoms with Gasteiger partial charge in [0.05, 0.1) is 18.2 Å². The van der Waals surface area contributed by atoms with Gasteiger partial charge >= 0.3 is 5.97 Å². The molecule has 94 valence electrons.